The maximum atomic E-state index is 13.2. The molecule has 2 aromatic rings. The standard InChI is InChI=1S/C23H19BrO3/c1-3-14-8-10-17-22(27)13(2)12-19(26)23(17,24)21(14)20-16-7-5-4-6-15(16)9-11-18(20)25/h3-9,11-12,17,21,25H,1,10H2,2H3/t17-,21+,23+/m0/s1. The first-order chi connectivity index (χ1) is 12.9. The summed E-state index contributed by atoms with van der Waals surface area (Å²) < 4.78 is -1.14. The Morgan fingerprint density at radius 3 is 2.70 bits per heavy atom. The van der Waals surface area contributed by atoms with Crippen LogP contribution in [-0.4, -0.2) is 21.0 Å². The third-order valence-electron chi connectivity index (χ3n) is 5.75. The maximum absolute atomic E-state index is 13.2. The second kappa shape index (κ2) is 6.31. The number of allylic oxidation sites excluding steroid dienone is 5. The van der Waals surface area contributed by atoms with Gasteiger partial charge in [-0.15, -0.1) is 0 Å². The van der Waals surface area contributed by atoms with Gasteiger partial charge < -0.3 is 5.11 Å². The highest BCUT2D eigenvalue weighted by atomic mass is 79.9. The lowest BCUT2D eigenvalue weighted by atomic mass is 9.62. The lowest BCUT2D eigenvalue weighted by Gasteiger charge is -2.45. The van der Waals surface area contributed by atoms with Crippen LogP contribution in [0, 0.1) is 5.92 Å². The van der Waals surface area contributed by atoms with Gasteiger partial charge in [-0.1, -0.05) is 65.0 Å². The summed E-state index contributed by atoms with van der Waals surface area (Å²) in [4.78, 5) is 26.0. The number of hydrogen-bond acceptors (Lipinski definition) is 3. The largest absolute Gasteiger partial charge is 0.508 e. The van der Waals surface area contributed by atoms with Crippen molar-refractivity contribution in [2.24, 2.45) is 5.92 Å². The summed E-state index contributed by atoms with van der Waals surface area (Å²) in [5.41, 5.74) is 1.97. The fraction of sp³-hybridized carbons (Fsp3) is 0.217. The van der Waals surface area contributed by atoms with Gasteiger partial charge in [0.15, 0.2) is 11.6 Å². The molecule has 27 heavy (non-hydrogen) atoms. The number of alkyl halides is 1. The first kappa shape index (κ1) is 17.9. The highest BCUT2D eigenvalue weighted by Gasteiger charge is 2.57. The van der Waals surface area contributed by atoms with Gasteiger partial charge in [0, 0.05) is 17.4 Å². The minimum Gasteiger partial charge on any atom is -0.508 e. The van der Waals surface area contributed by atoms with Crippen molar-refractivity contribution in [3.8, 4) is 5.75 Å². The van der Waals surface area contributed by atoms with Gasteiger partial charge in [-0.3, -0.25) is 9.59 Å². The molecule has 4 rings (SSSR count). The SMILES string of the molecule is C=CC1=CC[C@H]2C(=O)C(C)=CC(=O)[C@@]2(Br)[C@H]1c1c(O)ccc2ccccc12. The number of hydrogen-bond donors (Lipinski definition) is 1. The molecule has 0 saturated carbocycles. The van der Waals surface area contributed by atoms with E-state index in [1.165, 1.54) is 6.08 Å². The number of phenols is 1. The van der Waals surface area contributed by atoms with Crippen LogP contribution in [0.25, 0.3) is 10.8 Å². The van der Waals surface area contributed by atoms with Crippen LogP contribution in [0.1, 0.15) is 24.8 Å². The van der Waals surface area contributed by atoms with Gasteiger partial charge in [0.25, 0.3) is 0 Å². The Morgan fingerprint density at radius 1 is 1.22 bits per heavy atom. The number of carbonyl (C=O) groups excluding carboxylic acids is 2. The first-order valence-electron chi connectivity index (χ1n) is 8.88. The lowest BCUT2D eigenvalue weighted by molar-refractivity contribution is -0.128. The average Bonchev–Trinajstić information content (AvgIpc) is 2.66. The number of rotatable bonds is 2. The van der Waals surface area contributed by atoms with Gasteiger partial charge in [0.1, 0.15) is 10.1 Å². The summed E-state index contributed by atoms with van der Waals surface area (Å²) in [6.07, 6.45) is 5.57. The molecule has 0 heterocycles. The van der Waals surface area contributed by atoms with E-state index in [1.54, 1.807) is 19.1 Å². The molecule has 0 aliphatic heterocycles. The van der Waals surface area contributed by atoms with E-state index in [9.17, 15) is 14.7 Å². The molecule has 136 valence electrons. The molecule has 0 saturated heterocycles. The van der Waals surface area contributed by atoms with Crippen LogP contribution in [0.2, 0.25) is 0 Å². The van der Waals surface area contributed by atoms with E-state index in [1.807, 2.05) is 36.4 Å². The summed E-state index contributed by atoms with van der Waals surface area (Å²) in [5, 5.41) is 12.6. The second-order valence-corrected chi connectivity index (χ2v) is 8.49. The van der Waals surface area contributed by atoms with E-state index < -0.39 is 16.2 Å². The molecule has 0 spiro atoms. The van der Waals surface area contributed by atoms with Crippen LogP contribution in [0.4, 0.5) is 0 Å². The number of aromatic hydroxyl groups is 1. The molecule has 2 aromatic carbocycles. The smallest absolute Gasteiger partial charge is 0.174 e. The fourth-order valence-corrected chi connectivity index (χ4v) is 5.42. The molecule has 4 heteroatoms. The number of carbonyl (C=O) groups is 2. The minimum atomic E-state index is -1.14. The van der Waals surface area contributed by atoms with Crippen LogP contribution >= 0.6 is 15.9 Å². The third-order valence-corrected chi connectivity index (χ3v) is 7.15. The second-order valence-electron chi connectivity index (χ2n) is 7.17. The zero-order valence-corrected chi connectivity index (χ0v) is 16.5. The van der Waals surface area contributed by atoms with Crippen molar-refractivity contribution in [2.75, 3.05) is 0 Å². The van der Waals surface area contributed by atoms with Crippen molar-refractivity contribution < 1.29 is 14.7 Å². The van der Waals surface area contributed by atoms with Gasteiger partial charge in [-0.05, 0) is 47.4 Å². The van der Waals surface area contributed by atoms with E-state index in [4.69, 9.17) is 0 Å². The summed E-state index contributed by atoms with van der Waals surface area (Å²) in [7, 11) is 0. The molecule has 2 aliphatic carbocycles. The first-order valence-corrected chi connectivity index (χ1v) is 9.67. The Morgan fingerprint density at radius 2 is 1.96 bits per heavy atom. The third kappa shape index (κ3) is 2.47. The predicted molar refractivity (Wildman–Crippen MR) is 110 cm³/mol. The van der Waals surface area contributed by atoms with Crippen molar-refractivity contribution >= 4 is 38.3 Å². The summed E-state index contributed by atoms with van der Waals surface area (Å²) in [6, 6.07) is 11.2. The van der Waals surface area contributed by atoms with E-state index in [0.717, 1.165) is 16.3 Å². The Kier molecular flexibility index (Phi) is 4.19. The summed E-state index contributed by atoms with van der Waals surface area (Å²) in [6.45, 7) is 5.60. The van der Waals surface area contributed by atoms with E-state index in [-0.39, 0.29) is 17.3 Å². The molecule has 1 N–H and O–H groups in total. The van der Waals surface area contributed by atoms with Crippen molar-refractivity contribution in [3.05, 3.63) is 77.9 Å². The highest BCUT2D eigenvalue weighted by molar-refractivity contribution is 9.10. The van der Waals surface area contributed by atoms with Crippen molar-refractivity contribution in [1.82, 2.24) is 0 Å². The number of fused-ring (bicyclic) bond motifs is 2. The molecule has 3 atom stereocenters. The summed E-state index contributed by atoms with van der Waals surface area (Å²) >= 11 is 3.70. The van der Waals surface area contributed by atoms with Gasteiger partial charge in [-0.2, -0.15) is 0 Å². The van der Waals surface area contributed by atoms with Crippen LogP contribution in [-0.2, 0) is 9.59 Å². The fourth-order valence-electron chi connectivity index (χ4n) is 4.42. The Bertz CT molecular complexity index is 1060. The number of benzene rings is 2. The van der Waals surface area contributed by atoms with E-state index >= 15 is 0 Å². The van der Waals surface area contributed by atoms with Crippen LogP contribution in [0.15, 0.2) is 72.4 Å². The number of Topliss-reactive ketones (excluding diaryl/α,β-unsaturated/α-hetero) is 1. The highest BCUT2D eigenvalue weighted by Crippen LogP contribution is 2.56. The molecule has 0 fully saturated rings. The van der Waals surface area contributed by atoms with E-state index in [0.29, 0.717) is 17.6 Å². The number of ketones is 2. The minimum absolute atomic E-state index is 0.0319. The monoisotopic (exact) mass is 422 g/mol. The molecule has 2 aliphatic rings. The van der Waals surface area contributed by atoms with Crippen molar-refractivity contribution in [2.45, 2.75) is 23.6 Å². The van der Waals surface area contributed by atoms with Crippen molar-refractivity contribution in [1.29, 1.82) is 0 Å². The Balaban J connectivity index is 2.06. The van der Waals surface area contributed by atoms with Crippen molar-refractivity contribution in [3.63, 3.8) is 0 Å². The topological polar surface area (TPSA) is 54.4 Å². The van der Waals surface area contributed by atoms with Gasteiger partial charge >= 0.3 is 0 Å². The molecule has 0 unspecified atom stereocenters. The maximum Gasteiger partial charge on any atom is 0.174 e. The molecular weight excluding hydrogens is 404 g/mol. The quantitative estimate of drug-likeness (QED) is 0.693. The van der Waals surface area contributed by atoms with Crippen LogP contribution in [0.5, 0.6) is 5.75 Å². The normalized spacial score (nSPS) is 27.8. The van der Waals surface area contributed by atoms with E-state index in [2.05, 4.69) is 22.5 Å². The number of halogens is 1. The molecule has 0 radical (unpaired) electrons. The van der Waals surface area contributed by atoms with Crippen LogP contribution < -0.4 is 0 Å². The molecular formula is C23H19BrO3. The Hall–Kier alpha value is -2.46. The summed E-state index contributed by atoms with van der Waals surface area (Å²) in [5.74, 6) is -1.09. The Labute approximate surface area is 166 Å². The molecule has 3 nitrogen and oxygen atoms in total. The lowest BCUT2D eigenvalue weighted by Crippen LogP contribution is -2.52. The average molecular weight is 423 g/mol. The molecule has 0 aromatic heterocycles. The molecule has 0 amide bonds. The zero-order chi connectivity index (χ0) is 19.3. The zero-order valence-electron chi connectivity index (χ0n) is 14.9. The molecule has 0 bridgehead atoms. The van der Waals surface area contributed by atoms with Gasteiger partial charge in [-0.25, -0.2) is 0 Å². The predicted octanol–water partition coefficient (Wildman–Crippen LogP) is 4.99. The van der Waals surface area contributed by atoms with Crippen LogP contribution in [0.3, 0.4) is 0 Å². The number of phenolic OH excluding ortho intramolecular Hbond substituents is 1. The van der Waals surface area contributed by atoms with Gasteiger partial charge in [0.05, 0.1) is 0 Å². The van der Waals surface area contributed by atoms with Gasteiger partial charge in [0.2, 0.25) is 0 Å².